The third-order valence-electron chi connectivity index (χ3n) is 2.07. The Labute approximate surface area is 107 Å². The lowest BCUT2D eigenvalue weighted by Gasteiger charge is -1.99. The zero-order chi connectivity index (χ0) is 14.4. The van der Waals surface area contributed by atoms with Crippen molar-refractivity contribution in [3.05, 3.63) is 55.8 Å². The molecule has 0 amide bonds. The molecule has 0 saturated carbocycles. The first-order valence-corrected chi connectivity index (χ1v) is 5.23. The molecule has 1 aromatic carbocycles. The Bertz CT molecular complexity index is 552. The molecule has 8 heteroatoms. The summed E-state index contributed by atoms with van der Waals surface area (Å²) in [7, 11) is 0. The lowest BCUT2D eigenvalue weighted by molar-refractivity contribution is -0.419. The summed E-state index contributed by atoms with van der Waals surface area (Å²) >= 11 is 0. The molecular weight excluding hydrogens is 256 g/mol. The van der Waals surface area contributed by atoms with Crippen LogP contribution in [-0.2, 0) is 9.53 Å². The van der Waals surface area contributed by atoms with Crippen LogP contribution in [-0.4, -0.2) is 22.4 Å². The van der Waals surface area contributed by atoms with Gasteiger partial charge in [0.15, 0.2) is 0 Å². The number of nitro benzene ring substituents is 1. The molecule has 0 radical (unpaired) electrons. The maximum atomic E-state index is 11.3. The fourth-order valence-electron chi connectivity index (χ4n) is 1.28. The molecule has 0 atom stereocenters. The SMILES string of the molecule is CCOC(=O)C(=Cc1cccc([N+](=O)[O-])c1)[N+](=O)[O-]. The summed E-state index contributed by atoms with van der Waals surface area (Å²) in [5.41, 5.74) is -0.823. The third-order valence-corrected chi connectivity index (χ3v) is 2.07. The average Bonchev–Trinajstić information content (AvgIpc) is 2.36. The fraction of sp³-hybridized carbons (Fsp3) is 0.182. The molecule has 1 rings (SSSR count). The maximum absolute atomic E-state index is 11.3. The lowest BCUT2D eigenvalue weighted by Crippen LogP contribution is -2.14. The van der Waals surface area contributed by atoms with Gasteiger partial charge in [0.05, 0.1) is 16.5 Å². The van der Waals surface area contributed by atoms with Crippen molar-refractivity contribution in [3.63, 3.8) is 0 Å². The van der Waals surface area contributed by atoms with Crippen LogP contribution in [0.25, 0.3) is 6.08 Å². The molecule has 0 spiro atoms. The van der Waals surface area contributed by atoms with Gasteiger partial charge in [-0.25, -0.2) is 4.79 Å². The molecule has 0 fully saturated rings. The Kier molecular flexibility index (Phi) is 4.69. The van der Waals surface area contributed by atoms with Gasteiger partial charge in [-0.1, -0.05) is 12.1 Å². The van der Waals surface area contributed by atoms with E-state index in [0.717, 1.165) is 12.1 Å². The van der Waals surface area contributed by atoms with Gasteiger partial charge in [0.25, 0.3) is 5.69 Å². The minimum atomic E-state index is -1.08. The largest absolute Gasteiger partial charge is 0.458 e. The molecule has 0 saturated heterocycles. The number of benzene rings is 1. The molecule has 0 N–H and O–H groups in total. The van der Waals surface area contributed by atoms with Crippen LogP contribution in [0.1, 0.15) is 12.5 Å². The van der Waals surface area contributed by atoms with Crippen molar-refractivity contribution in [2.24, 2.45) is 0 Å². The lowest BCUT2D eigenvalue weighted by atomic mass is 10.1. The van der Waals surface area contributed by atoms with Crippen molar-refractivity contribution >= 4 is 17.7 Å². The number of carbonyl (C=O) groups excluding carboxylic acids is 1. The highest BCUT2D eigenvalue weighted by Crippen LogP contribution is 2.16. The predicted octanol–water partition coefficient (Wildman–Crippen LogP) is 1.78. The highest BCUT2D eigenvalue weighted by Gasteiger charge is 2.23. The number of hydrogen-bond acceptors (Lipinski definition) is 6. The maximum Gasteiger partial charge on any atom is 0.409 e. The second-order valence-electron chi connectivity index (χ2n) is 3.36. The summed E-state index contributed by atoms with van der Waals surface area (Å²) in [4.78, 5) is 31.1. The van der Waals surface area contributed by atoms with E-state index in [2.05, 4.69) is 4.74 Å². The fourth-order valence-corrected chi connectivity index (χ4v) is 1.28. The summed E-state index contributed by atoms with van der Waals surface area (Å²) in [6.07, 6.45) is 0.936. The molecule has 0 aliphatic heterocycles. The molecule has 0 aliphatic carbocycles. The monoisotopic (exact) mass is 266 g/mol. The third kappa shape index (κ3) is 3.87. The van der Waals surface area contributed by atoms with E-state index in [4.69, 9.17) is 0 Å². The van der Waals surface area contributed by atoms with Crippen LogP contribution >= 0.6 is 0 Å². The number of rotatable bonds is 5. The smallest absolute Gasteiger partial charge is 0.409 e. The number of ether oxygens (including phenoxy) is 1. The summed E-state index contributed by atoms with van der Waals surface area (Å²) in [6.45, 7) is 1.52. The quantitative estimate of drug-likeness (QED) is 0.347. The average molecular weight is 266 g/mol. The second kappa shape index (κ2) is 6.24. The Morgan fingerprint density at radius 3 is 2.58 bits per heavy atom. The first kappa shape index (κ1) is 14.3. The standard InChI is InChI=1S/C11H10N2O6/c1-2-19-11(14)10(13(17)18)7-8-4-3-5-9(6-8)12(15)16/h3-7H,2H2,1H3. The Hall–Kier alpha value is -2.77. The Balaban J connectivity index is 3.15. The van der Waals surface area contributed by atoms with Crippen LogP contribution in [0.15, 0.2) is 30.0 Å². The summed E-state index contributed by atoms with van der Waals surface area (Å²) in [6, 6.07) is 5.15. The molecule has 0 unspecified atom stereocenters. The van der Waals surface area contributed by atoms with Crippen LogP contribution in [0.3, 0.4) is 0 Å². The van der Waals surface area contributed by atoms with E-state index in [1.807, 2.05) is 0 Å². The number of carbonyl (C=O) groups is 1. The molecule has 0 aromatic heterocycles. The zero-order valence-electron chi connectivity index (χ0n) is 9.94. The molecule has 100 valence electrons. The topological polar surface area (TPSA) is 113 Å². The van der Waals surface area contributed by atoms with Gasteiger partial charge in [-0.3, -0.25) is 20.2 Å². The molecule has 0 heterocycles. The molecule has 8 nitrogen and oxygen atoms in total. The Morgan fingerprint density at radius 2 is 2.05 bits per heavy atom. The normalized spacial score (nSPS) is 10.9. The number of hydrogen-bond donors (Lipinski definition) is 0. The van der Waals surface area contributed by atoms with E-state index < -0.39 is 21.5 Å². The van der Waals surface area contributed by atoms with Gasteiger partial charge in [0.2, 0.25) is 0 Å². The van der Waals surface area contributed by atoms with Gasteiger partial charge in [-0.05, 0) is 12.5 Å². The van der Waals surface area contributed by atoms with Crippen molar-refractivity contribution in [1.29, 1.82) is 0 Å². The minimum Gasteiger partial charge on any atom is -0.458 e. The number of nitrogens with zero attached hydrogens (tertiary/aromatic N) is 2. The zero-order valence-corrected chi connectivity index (χ0v) is 9.94. The minimum absolute atomic E-state index is 0.00104. The van der Waals surface area contributed by atoms with Crippen LogP contribution in [0.4, 0.5) is 5.69 Å². The summed E-state index contributed by atoms with van der Waals surface area (Å²) in [5.74, 6) is -1.08. The Morgan fingerprint density at radius 1 is 1.37 bits per heavy atom. The van der Waals surface area contributed by atoms with Crippen LogP contribution in [0.5, 0.6) is 0 Å². The molecule has 0 aliphatic rings. The summed E-state index contributed by atoms with van der Waals surface area (Å²) in [5, 5.41) is 21.3. The van der Waals surface area contributed by atoms with E-state index in [1.54, 1.807) is 0 Å². The van der Waals surface area contributed by atoms with Gasteiger partial charge in [-0.15, -0.1) is 0 Å². The predicted molar refractivity (Wildman–Crippen MR) is 64.7 cm³/mol. The van der Waals surface area contributed by atoms with E-state index in [-0.39, 0.29) is 17.9 Å². The van der Waals surface area contributed by atoms with Gasteiger partial charge in [0.1, 0.15) is 0 Å². The molecule has 0 bridgehead atoms. The number of non-ortho nitro benzene ring substituents is 1. The van der Waals surface area contributed by atoms with E-state index in [1.165, 1.54) is 25.1 Å². The number of esters is 1. The van der Waals surface area contributed by atoms with Crippen molar-refractivity contribution in [1.82, 2.24) is 0 Å². The van der Waals surface area contributed by atoms with Gasteiger partial charge in [-0.2, -0.15) is 0 Å². The van der Waals surface area contributed by atoms with E-state index in [9.17, 15) is 25.0 Å². The van der Waals surface area contributed by atoms with E-state index >= 15 is 0 Å². The van der Waals surface area contributed by atoms with Crippen molar-refractivity contribution < 1.29 is 19.4 Å². The summed E-state index contributed by atoms with van der Waals surface area (Å²) < 4.78 is 4.53. The number of nitro groups is 2. The van der Waals surface area contributed by atoms with Crippen molar-refractivity contribution in [3.8, 4) is 0 Å². The van der Waals surface area contributed by atoms with Crippen molar-refractivity contribution in [2.45, 2.75) is 6.92 Å². The highest BCUT2D eigenvalue weighted by molar-refractivity contribution is 5.91. The first-order chi connectivity index (χ1) is 8.95. The van der Waals surface area contributed by atoms with Crippen LogP contribution in [0, 0.1) is 20.2 Å². The van der Waals surface area contributed by atoms with Crippen molar-refractivity contribution in [2.75, 3.05) is 6.61 Å². The van der Waals surface area contributed by atoms with Crippen LogP contribution in [0.2, 0.25) is 0 Å². The van der Waals surface area contributed by atoms with Gasteiger partial charge in [0, 0.05) is 18.2 Å². The molecule has 19 heavy (non-hydrogen) atoms. The van der Waals surface area contributed by atoms with Gasteiger partial charge >= 0.3 is 11.7 Å². The molecular formula is C11H10N2O6. The first-order valence-electron chi connectivity index (χ1n) is 5.23. The molecule has 1 aromatic rings. The van der Waals surface area contributed by atoms with Gasteiger partial charge < -0.3 is 4.74 Å². The van der Waals surface area contributed by atoms with E-state index in [0.29, 0.717) is 0 Å². The second-order valence-corrected chi connectivity index (χ2v) is 3.36. The van der Waals surface area contributed by atoms with Crippen LogP contribution < -0.4 is 0 Å². The highest BCUT2D eigenvalue weighted by atomic mass is 16.6.